The highest BCUT2D eigenvalue weighted by Crippen LogP contribution is 2.29. The van der Waals surface area contributed by atoms with Gasteiger partial charge in [-0.2, -0.15) is 0 Å². The Labute approximate surface area is 157 Å². The van der Waals surface area contributed by atoms with E-state index in [1.165, 1.54) is 12.1 Å². The Morgan fingerprint density at radius 1 is 1.04 bits per heavy atom. The van der Waals surface area contributed by atoms with Gasteiger partial charge in [-0.05, 0) is 56.2 Å². The molecular weight excluding hydrogens is 355 g/mol. The van der Waals surface area contributed by atoms with Crippen molar-refractivity contribution < 1.29 is 18.1 Å². The van der Waals surface area contributed by atoms with Gasteiger partial charge in [0.05, 0.1) is 4.90 Å². The standard InChI is InChI=1S/C17H21FN2O3S.C2H6/c1-17(2,3)23-16(21)19-8-12-10-20(11-13(12)9-19)24(22)15-6-4-14(18)5-7-15;1-2/h4-7H,8-11H2,1-3H3;1-2H3. The van der Waals surface area contributed by atoms with Crippen LogP contribution in [-0.4, -0.2) is 51.3 Å². The molecule has 7 heteroatoms. The first kappa shape index (κ1) is 20.6. The molecule has 0 saturated heterocycles. The molecule has 2 aliphatic heterocycles. The van der Waals surface area contributed by atoms with Crippen molar-refractivity contribution in [2.75, 3.05) is 26.2 Å². The minimum absolute atomic E-state index is 0.317. The number of halogens is 1. The molecule has 0 radical (unpaired) electrons. The van der Waals surface area contributed by atoms with E-state index in [0.29, 0.717) is 31.1 Å². The lowest BCUT2D eigenvalue weighted by Gasteiger charge is -2.26. The zero-order chi connectivity index (χ0) is 19.5. The van der Waals surface area contributed by atoms with Crippen LogP contribution >= 0.6 is 0 Å². The van der Waals surface area contributed by atoms with Gasteiger partial charge in [0, 0.05) is 26.2 Å². The highest BCUT2D eigenvalue weighted by atomic mass is 32.2. The van der Waals surface area contributed by atoms with Crippen LogP contribution in [0.5, 0.6) is 0 Å². The minimum Gasteiger partial charge on any atom is -0.444 e. The third-order valence-corrected chi connectivity index (χ3v) is 5.30. The molecule has 26 heavy (non-hydrogen) atoms. The molecule has 1 atom stereocenters. The molecule has 0 aliphatic carbocycles. The Morgan fingerprint density at radius 3 is 2.00 bits per heavy atom. The van der Waals surface area contributed by atoms with Crippen LogP contribution in [0.2, 0.25) is 0 Å². The van der Waals surface area contributed by atoms with Crippen molar-refractivity contribution in [3.05, 3.63) is 41.2 Å². The topological polar surface area (TPSA) is 49.9 Å². The molecule has 0 N–H and O–H groups in total. The molecule has 1 unspecified atom stereocenters. The number of rotatable bonds is 2. The molecule has 3 rings (SSSR count). The second-order valence-electron chi connectivity index (χ2n) is 7.04. The van der Waals surface area contributed by atoms with Gasteiger partial charge in [-0.3, -0.25) is 0 Å². The largest absolute Gasteiger partial charge is 0.444 e. The van der Waals surface area contributed by atoms with Crippen LogP contribution < -0.4 is 0 Å². The Morgan fingerprint density at radius 2 is 1.54 bits per heavy atom. The maximum absolute atomic E-state index is 13.0. The summed E-state index contributed by atoms with van der Waals surface area (Å²) >= 11 is 0. The number of ether oxygens (including phenoxy) is 1. The molecule has 0 fully saturated rings. The first-order valence-corrected chi connectivity index (χ1v) is 9.94. The Kier molecular flexibility index (Phi) is 6.58. The zero-order valence-electron chi connectivity index (χ0n) is 16.0. The lowest BCUT2D eigenvalue weighted by atomic mass is 10.2. The number of carbonyl (C=O) groups is 1. The van der Waals surface area contributed by atoms with Gasteiger partial charge in [-0.25, -0.2) is 17.7 Å². The van der Waals surface area contributed by atoms with Crippen molar-refractivity contribution in [1.82, 2.24) is 9.21 Å². The molecular formula is C19H27FN2O3S. The van der Waals surface area contributed by atoms with E-state index >= 15 is 0 Å². The second kappa shape index (κ2) is 8.31. The molecule has 144 valence electrons. The van der Waals surface area contributed by atoms with E-state index in [1.807, 2.05) is 38.9 Å². The summed E-state index contributed by atoms with van der Waals surface area (Å²) in [5.74, 6) is -0.342. The molecule has 2 aliphatic rings. The molecule has 5 nitrogen and oxygen atoms in total. The predicted octanol–water partition coefficient (Wildman–Crippen LogP) is 3.74. The van der Waals surface area contributed by atoms with E-state index in [1.54, 1.807) is 17.0 Å². The van der Waals surface area contributed by atoms with Gasteiger partial charge in [-0.15, -0.1) is 0 Å². The summed E-state index contributed by atoms with van der Waals surface area (Å²) in [6.45, 7) is 11.7. The van der Waals surface area contributed by atoms with Gasteiger partial charge in [0.25, 0.3) is 0 Å². The summed E-state index contributed by atoms with van der Waals surface area (Å²) in [6, 6.07) is 5.72. The van der Waals surface area contributed by atoms with Crippen LogP contribution in [0.15, 0.2) is 40.3 Å². The van der Waals surface area contributed by atoms with E-state index in [-0.39, 0.29) is 11.9 Å². The van der Waals surface area contributed by atoms with Crippen LogP contribution in [0.4, 0.5) is 9.18 Å². The Balaban J connectivity index is 0.00000117. The van der Waals surface area contributed by atoms with E-state index in [2.05, 4.69) is 0 Å². The summed E-state index contributed by atoms with van der Waals surface area (Å²) in [6.07, 6.45) is -0.317. The number of hydrogen-bond donors (Lipinski definition) is 0. The number of nitrogens with zero attached hydrogens (tertiary/aromatic N) is 2. The smallest absolute Gasteiger partial charge is 0.410 e. The van der Waals surface area contributed by atoms with Crippen LogP contribution in [0, 0.1) is 5.82 Å². The van der Waals surface area contributed by atoms with Gasteiger partial charge in [0.1, 0.15) is 22.4 Å². The van der Waals surface area contributed by atoms with Crippen molar-refractivity contribution in [2.24, 2.45) is 0 Å². The highest BCUT2D eigenvalue weighted by Gasteiger charge is 2.36. The van der Waals surface area contributed by atoms with Gasteiger partial charge >= 0.3 is 6.09 Å². The number of benzene rings is 1. The van der Waals surface area contributed by atoms with Crippen LogP contribution in [-0.2, 0) is 15.7 Å². The molecule has 0 bridgehead atoms. The Bertz CT molecular complexity index is 692. The van der Waals surface area contributed by atoms with E-state index in [4.69, 9.17) is 4.74 Å². The monoisotopic (exact) mass is 382 g/mol. The number of hydrogen-bond acceptors (Lipinski definition) is 3. The molecule has 1 aromatic carbocycles. The van der Waals surface area contributed by atoms with Gasteiger partial charge in [-0.1, -0.05) is 13.8 Å². The normalized spacial score (nSPS) is 18.3. The second-order valence-corrected chi connectivity index (χ2v) is 8.53. The van der Waals surface area contributed by atoms with Crippen molar-refractivity contribution in [2.45, 2.75) is 45.1 Å². The maximum atomic E-state index is 13.0. The number of amides is 1. The maximum Gasteiger partial charge on any atom is 0.410 e. The van der Waals surface area contributed by atoms with E-state index < -0.39 is 16.6 Å². The summed E-state index contributed by atoms with van der Waals surface area (Å²) in [7, 11) is -1.32. The SMILES string of the molecule is CC.CC(C)(C)OC(=O)N1CC2=C(C1)CN(S(=O)c1ccc(F)cc1)C2. The highest BCUT2D eigenvalue weighted by molar-refractivity contribution is 7.82. The fourth-order valence-electron chi connectivity index (χ4n) is 2.82. The van der Waals surface area contributed by atoms with Crippen LogP contribution in [0.1, 0.15) is 34.6 Å². The third kappa shape index (κ3) is 4.92. The van der Waals surface area contributed by atoms with E-state index in [9.17, 15) is 13.4 Å². The van der Waals surface area contributed by atoms with Crippen LogP contribution in [0.25, 0.3) is 0 Å². The average Bonchev–Trinajstić information content (AvgIpc) is 3.14. The van der Waals surface area contributed by atoms with Crippen molar-refractivity contribution in [3.8, 4) is 0 Å². The number of carbonyl (C=O) groups excluding carboxylic acids is 1. The zero-order valence-corrected chi connectivity index (χ0v) is 16.9. The first-order chi connectivity index (χ1) is 12.2. The molecule has 0 spiro atoms. The van der Waals surface area contributed by atoms with Crippen LogP contribution in [0.3, 0.4) is 0 Å². The summed E-state index contributed by atoms with van der Waals surface area (Å²) < 4.78 is 32.8. The molecule has 0 saturated carbocycles. The predicted molar refractivity (Wildman–Crippen MR) is 101 cm³/mol. The fraction of sp³-hybridized carbons (Fsp3) is 0.526. The minimum atomic E-state index is -1.32. The fourth-order valence-corrected chi connectivity index (χ4v) is 4.03. The molecule has 1 amide bonds. The molecule has 1 aromatic rings. The van der Waals surface area contributed by atoms with E-state index in [0.717, 1.165) is 11.1 Å². The molecule has 2 heterocycles. The first-order valence-electron chi connectivity index (χ1n) is 8.83. The van der Waals surface area contributed by atoms with Gasteiger partial charge in [0.2, 0.25) is 0 Å². The van der Waals surface area contributed by atoms with Crippen molar-refractivity contribution >= 4 is 17.1 Å². The summed E-state index contributed by atoms with van der Waals surface area (Å²) in [4.78, 5) is 14.4. The average molecular weight is 383 g/mol. The lowest BCUT2D eigenvalue weighted by Crippen LogP contribution is -2.38. The molecule has 0 aromatic heterocycles. The van der Waals surface area contributed by atoms with Crippen molar-refractivity contribution in [1.29, 1.82) is 0 Å². The van der Waals surface area contributed by atoms with Gasteiger partial charge in [0.15, 0.2) is 0 Å². The Hall–Kier alpha value is -1.73. The summed E-state index contributed by atoms with van der Waals surface area (Å²) in [5.41, 5.74) is 1.73. The lowest BCUT2D eigenvalue weighted by molar-refractivity contribution is 0.0295. The van der Waals surface area contributed by atoms with Crippen molar-refractivity contribution in [3.63, 3.8) is 0 Å². The quantitative estimate of drug-likeness (QED) is 0.732. The van der Waals surface area contributed by atoms with Gasteiger partial charge < -0.3 is 9.64 Å². The third-order valence-electron chi connectivity index (χ3n) is 3.90. The summed E-state index contributed by atoms with van der Waals surface area (Å²) in [5, 5.41) is 0.